The molecule has 0 saturated carbocycles. The lowest BCUT2D eigenvalue weighted by atomic mass is 10.2. The van der Waals surface area contributed by atoms with Crippen molar-refractivity contribution < 1.29 is 13.9 Å². The molecular formula is C20H15N5O3. The van der Waals surface area contributed by atoms with Gasteiger partial charge in [0.1, 0.15) is 12.9 Å². The number of pyridine rings is 1. The number of aldehydes is 1. The number of aromatic nitrogens is 3. The third-order valence-electron chi connectivity index (χ3n) is 4.16. The van der Waals surface area contributed by atoms with E-state index in [2.05, 4.69) is 10.1 Å². The highest BCUT2D eigenvalue weighted by Gasteiger charge is 2.14. The molecule has 1 aromatic carbocycles. The van der Waals surface area contributed by atoms with Gasteiger partial charge in [-0.1, -0.05) is 18.2 Å². The quantitative estimate of drug-likeness (QED) is 0.317. The van der Waals surface area contributed by atoms with E-state index in [0.29, 0.717) is 27.6 Å². The summed E-state index contributed by atoms with van der Waals surface area (Å²) in [5.41, 5.74) is 1.68. The molecule has 0 amide bonds. The molecule has 0 radical (unpaired) electrons. The summed E-state index contributed by atoms with van der Waals surface area (Å²) < 4.78 is 12.1. The van der Waals surface area contributed by atoms with Crippen molar-refractivity contribution in [1.29, 1.82) is 10.8 Å². The van der Waals surface area contributed by atoms with Crippen LogP contribution in [-0.4, -0.2) is 26.9 Å². The number of hydrogen-bond acceptors (Lipinski definition) is 7. The molecule has 0 fully saturated rings. The Morgan fingerprint density at radius 2 is 2.00 bits per heavy atom. The van der Waals surface area contributed by atoms with Gasteiger partial charge >= 0.3 is 0 Å². The van der Waals surface area contributed by atoms with Crippen molar-refractivity contribution >= 4 is 22.9 Å². The first-order chi connectivity index (χ1) is 13.7. The highest BCUT2D eigenvalue weighted by molar-refractivity contribution is 5.98. The molecule has 0 unspecified atom stereocenters. The van der Waals surface area contributed by atoms with E-state index in [-0.39, 0.29) is 23.8 Å². The smallest absolute Gasteiger partial charge is 0.240 e. The average molecular weight is 373 g/mol. The molecule has 0 bridgehead atoms. The number of carbonyl (C=O) groups is 1. The van der Waals surface area contributed by atoms with Gasteiger partial charge in [-0.2, -0.15) is 4.68 Å². The lowest BCUT2D eigenvalue weighted by Crippen LogP contribution is -2.30. The number of ether oxygens (including phenoxy) is 1. The van der Waals surface area contributed by atoms with E-state index in [1.54, 1.807) is 24.3 Å². The van der Waals surface area contributed by atoms with Gasteiger partial charge in [0.2, 0.25) is 5.88 Å². The lowest BCUT2D eigenvalue weighted by molar-refractivity contribution is 0.112. The normalized spacial score (nSPS) is 10.7. The second kappa shape index (κ2) is 7.28. The van der Waals surface area contributed by atoms with E-state index in [4.69, 9.17) is 20.0 Å². The van der Waals surface area contributed by atoms with Crippen molar-refractivity contribution in [2.75, 3.05) is 0 Å². The maximum atomic E-state index is 10.7. The molecule has 8 heteroatoms. The Labute approximate surface area is 159 Å². The topological polar surface area (TPSA) is 118 Å². The van der Waals surface area contributed by atoms with Gasteiger partial charge in [-0.05, 0) is 24.3 Å². The van der Waals surface area contributed by atoms with Crippen LogP contribution in [0.5, 0.6) is 5.88 Å². The minimum atomic E-state index is 0.00261. The molecule has 0 spiro atoms. The Kier molecular flexibility index (Phi) is 4.51. The van der Waals surface area contributed by atoms with Crippen molar-refractivity contribution in [1.82, 2.24) is 14.8 Å². The molecule has 4 aromatic rings. The van der Waals surface area contributed by atoms with Gasteiger partial charge in [0.05, 0.1) is 17.5 Å². The first-order valence-corrected chi connectivity index (χ1v) is 8.38. The fourth-order valence-electron chi connectivity index (χ4n) is 2.71. The second-order valence-electron chi connectivity index (χ2n) is 5.96. The molecule has 0 aliphatic heterocycles. The number of nitrogens with zero attached hydrogens (tertiary/aromatic N) is 3. The fraction of sp³-hybridized carbons (Fsp3) is 0.0500. The van der Waals surface area contributed by atoms with Crippen molar-refractivity contribution in [3.63, 3.8) is 0 Å². The van der Waals surface area contributed by atoms with E-state index in [1.165, 1.54) is 23.4 Å². The minimum Gasteiger partial charge on any atom is -0.472 e. The van der Waals surface area contributed by atoms with Crippen molar-refractivity contribution in [2.45, 2.75) is 6.61 Å². The molecule has 3 heterocycles. The third kappa shape index (κ3) is 3.18. The number of nitrogens with one attached hydrogen (secondary N) is 2. The van der Waals surface area contributed by atoms with Crippen LogP contribution in [0.4, 0.5) is 0 Å². The molecule has 28 heavy (non-hydrogen) atoms. The zero-order valence-electron chi connectivity index (χ0n) is 14.6. The molecule has 0 atom stereocenters. The molecule has 3 aromatic heterocycles. The van der Waals surface area contributed by atoms with Crippen LogP contribution in [0.1, 0.15) is 21.6 Å². The number of benzene rings is 1. The van der Waals surface area contributed by atoms with E-state index in [9.17, 15) is 4.79 Å². The number of fused-ring (bicyclic) bond motifs is 1. The van der Waals surface area contributed by atoms with Gasteiger partial charge in [-0.25, -0.2) is 0 Å². The van der Waals surface area contributed by atoms with Crippen molar-refractivity contribution in [2.24, 2.45) is 0 Å². The second-order valence-corrected chi connectivity index (χ2v) is 5.96. The Hall–Kier alpha value is -4.07. The summed E-state index contributed by atoms with van der Waals surface area (Å²) in [4.78, 5) is 14.9. The summed E-state index contributed by atoms with van der Waals surface area (Å²) in [6, 6.07) is 12.2. The minimum absolute atomic E-state index is 0.00261. The molecule has 8 nitrogen and oxygen atoms in total. The zero-order valence-corrected chi connectivity index (χ0v) is 14.6. The molecule has 0 saturated heterocycles. The van der Waals surface area contributed by atoms with Crippen LogP contribution < -0.4 is 10.2 Å². The first kappa shape index (κ1) is 17.3. The third-order valence-corrected chi connectivity index (χ3v) is 4.16. The van der Waals surface area contributed by atoms with Gasteiger partial charge in [0.15, 0.2) is 17.6 Å². The SMILES string of the molecule is N=C(c1ccoc1)n1nc(OCc2ccc(C=O)cn2)c2ccccc2c1=N. The van der Waals surface area contributed by atoms with Gasteiger partial charge in [-0.3, -0.25) is 20.6 Å². The Morgan fingerprint density at radius 3 is 2.68 bits per heavy atom. The van der Waals surface area contributed by atoms with Crippen LogP contribution in [0.25, 0.3) is 10.8 Å². The number of hydrogen-bond donors (Lipinski definition) is 2. The van der Waals surface area contributed by atoms with Crippen LogP contribution in [0.3, 0.4) is 0 Å². The van der Waals surface area contributed by atoms with Crippen molar-refractivity contribution in [3.05, 3.63) is 83.5 Å². The molecule has 138 valence electrons. The summed E-state index contributed by atoms with van der Waals surface area (Å²) in [6.45, 7) is 0.131. The fourth-order valence-corrected chi connectivity index (χ4v) is 2.71. The Morgan fingerprint density at radius 1 is 1.18 bits per heavy atom. The highest BCUT2D eigenvalue weighted by atomic mass is 16.5. The number of rotatable bonds is 5. The summed E-state index contributed by atoms with van der Waals surface area (Å²) in [5.74, 6) is 0.281. The molecule has 4 rings (SSSR count). The van der Waals surface area contributed by atoms with Crippen LogP contribution in [-0.2, 0) is 6.61 Å². The van der Waals surface area contributed by atoms with Gasteiger partial charge in [0.25, 0.3) is 0 Å². The predicted octanol–water partition coefficient (Wildman–Crippen LogP) is 2.77. The average Bonchev–Trinajstić information content (AvgIpc) is 3.28. The van der Waals surface area contributed by atoms with Gasteiger partial charge in [0, 0.05) is 22.5 Å². The van der Waals surface area contributed by atoms with E-state index < -0.39 is 0 Å². The van der Waals surface area contributed by atoms with E-state index in [1.807, 2.05) is 18.2 Å². The summed E-state index contributed by atoms with van der Waals surface area (Å²) >= 11 is 0. The standard InChI is InChI=1S/C20H15N5O3/c21-18(14-7-8-27-11-14)25-19(22)16-3-1-2-4-17(16)20(24-25)28-12-15-6-5-13(10-26)9-23-15/h1-11,21-22H,12H2. The molecule has 2 N–H and O–H groups in total. The van der Waals surface area contributed by atoms with Gasteiger partial charge in [-0.15, -0.1) is 5.10 Å². The maximum Gasteiger partial charge on any atom is 0.240 e. The van der Waals surface area contributed by atoms with Crippen LogP contribution in [0.2, 0.25) is 0 Å². The first-order valence-electron chi connectivity index (χ1n) is 8.38. The number of furan rings is 1. The predicted molar refractivity (Wildman–Crippen MR) is 100 cm³/mol. The zero-order chi connectivity index (χ0) is 19.5. The van der Waals surface area contributed by atoms with Crippen LogP contribution >= 0.6 is 0 Å². The van der Waals surface area contributed by atoms with E-state index in [0.717, 1.165) is 6.29 Å². The lowest BCUT2D eigenvalue weighted by Gasteiger charge is -2.13. The monoisotopic (exact) mass is 373 g/mol. The highest BCUT2D eigenvalue weighted by Crippen LogP contribution is 2.21. The summed E-state index contributed by atoms with van der Waals surface area (Å²) in [7, 11) is 0. The van der Waals surface area contributed by atoms with Crippen LogP contribution in [0, 0.1) is 10.8 Å². The largest absolute Gasteiger partial charge is 0.472 e. The Bertz CT molecular complexity index is 1210. The van der Waals surface area contributed by atoms with E-state index >= 15 is 0 Å². The molecule has 0 aliphatic carbocycles. The maximum absolute atomic E-state index is 10.7. The summed E-state index contributed by atoms with van der Waals surface area (Å²) in [5, 5.41) is 22.4. The Balaban J connectivity index is 1.74. The van der Waals surface area contributed by atoms with Crippen molar-refractivity contribution in [3.8, 4) is 5.88 Å². The van der Waals surface area contributed by atoms with Crippen LogP contribution in [0.15, 0.2) is 65.6 Å². The van der Waals surface area contributed by atoms with Gasteiger partial charge < -0.3 is 9.15 Å². The molecular weight excluding hydrogens is 358 g/mol. The summed E-state index contributed by atoms with van der Waals surface area (Å²) in [6.07, 6.45) is 5.08. The number of carbonyl (C=O) groups excluding carboxylic acids is 1. The molecule has 0 aliphatic rings.